The van der Waals surface area contributed by atoms with Crippen LogP contribution < -0.4 is 10.9 Å². The molecule has 3 aliphatic rings. The second kappa shape index (κ2) is 16.7. The fourth-order valence-corrected chi connectivity index (χ4v) is 7.07. The first-order chi connectivity index (χ1) is 23.4. The van der Waals surface area contributed by atoms with Crippen molar-refractivity contribution in [1.29, 1.82) is 0 Å². The quantitative estimate of drug-likeness (QED) is 0.0911. The summed E-state index contributed by atoms with van der Waals surface area (Å²) in [5.74, 6) is 0.948. The van der Waals surface area contributed by atoms with Crippen LogP contribution in [0.25, 0.3) is 22.1 Å². The van der Waals surface area contributed by atoms with E-state index >= 15 is 0 Å². The van der Waals surface area contributed by atoms with E-state index in [0.29, 0.717) is 28.0 Å². The second-order valence-electron chi connectivity index (χ2n) is 13.9. The molecule has 0 saturated carbocycles. The first-order valence-electron chi connectivity index (χ1n) is 17.2. The van der Waals surface area contributed by atoms with E-state index in [1.807, 2.05) is 62.1 Å². The fraction of sp³-hybridized carbons (Fsp3) is 0.366. The van der Waals surface area contributed by atoms with Gasteiger partial charge in [0, 0.05) is 56.7 Å². The van der Waals surface area contributed by atoms with Crippen LogP contribution in [0.2, 0.25) is 0 Å². The van der Waals surface area contributed by atoms with E-state index < -0.39 is 0 Å². The molecule has 0 amide bonds. The van der Waals surface area contributed by atoms with Gasteiger partial charge in [0.25, 0.3) is 0 Å². The number of aliphatic hydroxyl groups excluding tert-OH is 1. The van der Waals surface area contributed by atoms with Crippen LogP contribution in [0.15, 0.2) is 89.0 Å². The molecular weight excluding hydrogens is 826 g/mol. The van der Waals surface area contributed by atoms with E-state index in [1.165, 1.54) is 0 Å². The van der Waals surface area contributed by atoms with Gasteiger partial charge in [0.15, 0.2) is 10.9 Å². The first kappa shape index (κ1) is 39.4. The fourth-order valence-electron chi connectivity index (χ4n) is 6.68. The smallest absolute Gasteiger partial charge is 0.172 e. The van der Waals surface area contributed by atoms with Crippen molar-refractivity contribution in [3.05, 3.63) is 139 Å². The summed E-state index contributed by atoms with van der Waals surface area (Å²) >= 11 is 1.63. The second-order valence-corrected chi connectivity index (χ2v) is 14.6. The molecule has 7 nitrogen and oxygen atoms in total. The van der Waals surface area contributed by atoms with Gasteiger partial charge in [-0.05, 0) is 53.7 Å². The Morgan fingerprint density at radius 1 is 0.640 bits per heavy atom. The van der Waals surface area contributed by atoms with Gasteiger partial charge in [0.05, 0.1) is 6.61 Å². The average molecular weight is 876 g/mol. The number of para-hydroxylation sites is 2. The van der Waals surface area contributed by atoms with Crippen molar-refractivity contribution < 1.29 is 27.5 Å². The molecule has 50 heavy (non-hydrogen) atoms. The summed E-state index contributed by atoms with van der Waals surface area (Å²) in [5.41, 5.74) is 6.42. The van der Waals surface area contributed by atoms with E-state index in [2.05, 4.69) is 91.8 Å². The predicted octanol–water partition coefficient (Wildman–Crippen LogP) is 8.54. The maximum atomic E-state index is 14.3. The van der Waals surface area contributed by atoms with Crippen LogP contribution in [0.1, 0.15) is 101 Å². The largest absolute Gasteiger partial charge is 0.505 e. The number of nitrogens with zero attached hydrogens (tertiary/aromatic N) is 4. The van der Waals surface area contributed by atoms with Gasteiger partial charge in [-0.2, -0.15) is 0 Å². The molecule has 271 valence electrons. The molecule has 0 aromatic heterocycles. The molecule has 3 aromatic rings. The van der Waals surface area contributed by atoms with Gasteiger partial charge in [0.2, 0.25) is 0 Å². The van der Waals surface area contributed by atoms with E-state index in [0.717, 1.165) is 33.6 Å². The molecule has 0 spiro atoms. The molecule has 1 N–H and O–H groups in total. The number of rotatable bonds is 9. The van der Waals surface area contributed by atoms with Crippen LogP contribution in [0.5, 0.6) is 0 Å². The summed E-state index contributed by atoms with van der Waals surface area (Å²) in [6, 6.07) is 20.0. The number of hydrogen-bond donors (Lipinski definition) is 1. The van der Waals surface area contributed by atoms with Gasteiger partial charge in [-0.3, -0.25) is 9.59 Å². The molecule has 0 fully saturated rings. The Kier molecular flexibility index (Phi) is 13.2. The summed E-state index contributed by atoms with van der Waals surface area (Å²) in [5, 5.41) is 10.4. The minimum absolute atomic E-state index is 0. The predicted molar refractivity (Wildman–Crippen MR) is 205 cm³/mol. The van der Waals surface area contributed by atoms with Gasteiger partial charge in [-0.1, -0.05) is 150 Å². The molecule has 2 aliphatic heterocycles. The Morgan fingerprint density at radius 3 is 1.36 bits per heavy atom. The van der Waals surface area contributed by atoms with Gasteiger partial charge < -0.3 is 23.4 Å². The normalized spacial score (nSPS) is 12.9. The molecule has 0 bridgehead atoms. The van der Waals surface area contributed by atoms with Crippen molar-refractivity contribution >= 4 is 22.7 Å². The third-order valence-corrected chi connectivity index (χ3v) is 9.82. The molecule has 1 radical (unpaired) electrons. The van der Waals surface area contributed by atoms with Crippen molar-refractivity contribution in [3.63, 3.8) is 0 Å². The third-order valence-electron chi connectivity index (χ3n) is 9.19. The van der Waals surface area contributed by atoms with Crippen molar-refractivity contribution in [2.45, 2.75) is 79.1 Å². The Morgan fingerprint density at radius 2 is 1.04 bits per heavy atom. The average Bonchev–Trinajstić information content (AvgIpc) is 3.72. The summed E-state index contributed by atoms with van der Waals surface area (Å²) in [6.45, 7) is 20.3. The van der Waals surface area contributed by atoms with E-state index in [-0.39, 0.29) is 63.5 Å². The maximum absolute atomic E-state index is 14.3. The molecule has 0 saturated heterocycles. The summed E-state index contributed by atoms with van der Waals surface area (Å²) in [4.78, 5) is 30.6. The summed E-state index contributed by atoms with van der Waals surface area (Å²) in [6.07, 6.45) is 7.91. The molecule has 1 aliphatic carbocycles. The zero-order valence-electron chi connectivity index (χ0n) is 30.6. The number of aromatic nitrogens is 2. The zero-order chi connectivity index (χ0) is 35.6. The van der Waals surface area contributed by atoms with Crippen molar-refractivity contribution in [2.24, 2.45) is 0 Å². The molecule has 0 unspecified atom stereocenters. The van der Waals surface area contributed by atoms with Crippen LogP contribution in [-0.4, -0.2) is 42.9 Å². The van der Waals surface area contributed by atoms with Crippen molar-refractivity contribution in [2.75, 3.05) is 19.4 Å². The number of fused-ring (bicyclic) bond motifs is 1. The molecule has 6 rings (SSSR count). The number of β-amino-alcohol motifs (C(OH)–C–C–N with tert-alkyl or cyclic N) is 1. The van der Waals surface area contributed by atoms with E-state index in [1.54, 1.807) is 24.1 Å². The minimum atomic E-state index is -0.111. The number of benzene rings is 3. The van der Waals surface area contributed by atoms with Gasteiger partial charge in [-0.25, -0.2) is 0 Å². The molecular formula is C41H50AuN4O3S-2. The topological polar surface area (TPSA) is 70.7 Å². The van der Waals surface area contributed by atoms with Crippen molar-refractivity contribution in [1.82, 2.24) is 18.3 Å². The van der Waals surface area contributed by atoms with Gasteiger partial charge >= 0.3 is 0 Å². The van der Waals surface area contributed by atoms with Crippen LogP contribution in [-0.2, 0) is 22.4 Å². The monoisotopic (exact) mass is 875 g/mol. The Labute approximate surface area is 316 Å². The first-order valence-corrected chi connectivity index (χ1v) is 18.4. The van der Waals surface area contributed by atoms with Crippen molar-refractivity contribution in [3.8, 4) is 11.4 Å². The molecule has 0 atom stereocenters. The SMILES string of the molecule is CC(C)c1cccc(C(C)C)c1-n1[cH-]n(-c2c(C(C)C)cccc2C(C)C)c2c(=O)c3ccccc3c(=O)c1=2.CSN1C=CN(CCO)[CH-]1.[Au]. The zero-order valence-corrected chi connectivity index (χ0v) is 33.6. The van der Waals surface area contributed by atoms with Gasteiger partial charge in [-0.15, -0.1) is 6.67 Å². The van der Waals surface area contributed by atoms with E-state index in [4.69, 9.17) is 5.11 Å². The standard InChI is InChI=1S/C35H39N2O2.C6H11N2OS.Au/c1-20(2)24-15-11-16-25(21(3)4)30(24)36-19-37(31-26(22(5)6)17-12-18-27(31)23(7)8)33-32(36)34(38)28-13-9-10-14-29(28)35(33)39;1-10-8-3-2-7(6-8)4-5-9;/h9-23H,1-8H3;2-3,6,9H,4-5H2,1H3;/q2*-1;. The van der Waals surface area contributed by atoms with Gasteiger partial charge in [0.1, 0.15) is 0 Å². The van der Waals surface area contributed by atoms with E-state index in [9.17, 15) is 9.59 Å². The molecule has 3 aromatic carbocycles. The number of hydrogen-bond acceptors (Lipinski definition) is 6. The van der Waals surface area contributed by atoms with Crippen LogP contribution in [0.3, 0.4) is 0 Å². The van der Waals surface area contributed by atoms with Crippen LogP contribution in [0.4, 0.5) is 0 Å². The Bertz CT molecular complexity index is 1960. The maximum Gasteiger partial charge on any atom is 0.172 e. The Hall–Kier alpha value is -3.40. The number of aliphatic hydroxyl groups is 1. The summed E-state index contributed by atoms with van der Waals surface area (Å²) < 4.78 is 6.03. The Balaban J connectivity index is 0.000000441. The third kappa shape index (κ3) is 7.60. The summed E-state index contributed by atoms with van der Waals surface area (Å²) in [7, 11) is 0. The molecule has 2 heterocycles. The minimum Gasteiger partial charge on any atom is -0.505 e. The molecule has 9 heteroatoms. The van der Waals surface area contributed by atoms with Crippen LogP contribution >= 0.6 is 11.9 Å². The van der Waals surface area contributed by atoms with Crippen LogP contribution in [0, 0.1) is 17.4 Å².